The van der Waals surface area contributed by atoms with E-state index in [4.69, 9.17) is 9.84 Å². The first kappa shape index (κ1) is 7.80. The van der Waals surface area contributed by atoms with Crippen LogP contribution < -0.4 is 0 Å². The van der Waals surface area contributed by atoms with Gasteiger partial charge in [-0.2, -0.15) is 0 Å². The normalized spacial score (nSPS) is 54.8. The highest BCUT2D eigenvalue weighted by atomic mass is 16.6. The van der Waals surface area contributed by atoms with Crippen molar-refractivity contribution in [3.63, 3.8) is 0 Å². The maximum absolute atomic E-state index is 11.1. The second-order valence-corrected chi connectivity index (χ2v) is 5.21. The third-order valence-corrected chi connectivity index (χ3v) is 4.36. The summed E-state index contributed by atoms with van der Waals surface area (Å²) in [4.78, 5) is 11.1. The molecule has 1 saturated heterocycles. The van der Waals surface area contributed by atoms with Crippen molar-refractivity contribution in [3.8, 4) is 0 Å². The molecule has 3 rings (SSSR count). The van der Waals surface area contributed by atoms with Gasteiger partial charge in [0.15, 0.2) is 0 Å². The molecule has 3 heteroatoms. The quantitative estimate of drug-likeness (QED) is 0.618. The molecule has 3 nitrogen and oxygen atoms in total. The third-order valence-electron chi connectivity index (χ3n) is 4.36. The van der Waals surface area contributed by atoms with Crippen LogP contribution in [0.5, 0.6) is 0 Å². The van der Waals surface area contributed by atoms with Gasteiger partial charge in [0, 0.05) is 5.92 Å². The van der Waals surface area contributed by atoms with Crippen LogP contribution in [0.4, 0.5) is 0 Å². The van der Waals surface area contributed by atoms with Gasteiger partial charge in [-0.1, -0.05) is 13.8 Å². The van der Waals surface area contributed by atoms with Crippen LogP contribution in [-0.4, -0.2) is 23.3 Å². The van der Waals surface area contributed by atoms with Crippen LogP contribution in [0.3, 0.4) is 0 Å². The second kappa shape index (κ2) is 1.92. The summed E-state index contributed by atoms with van der Waals surface area (Å²) in [5, 5.41) is 9.15. The number of aliphatic carboxylic acids is 1. The second-order valence-electron chi connectivity index (χ2n) is 5.21. The number of fused-ring (bicyclic) bond motifs is 5. The van der Waals surface area contributed by atoms with Crippen LogP contribution in [0.25, 0.3) is 0 Å². The van der Waals surface area contributed by atoms with Crippen molar-refractivity contribution >= 4 is 5.97 Å². The van der Waals surface area contributed by atoms with Gasteiger partial charge < -0.3 is 9.84 Å². The van der Waals surface area contributed by atoms with Crippen molar-refractivity contribution in [1.82, 2.24) is 0 Å². The molecule has 0 radical (unpaired) electrons. The number of carboxylic acids is 1. The lowest BCUT2D eigenvalue weighted by Crippen LogP contribution is -2.39. The van der Waals surface area contributed by atoms with E-state index in [2.05, 4.69) is 13.8 Å². The zero-order valence-corrected chi connectivity index (χ0v) is 7.86. The van der Waals surface area contributed by atoms with Crippen LogP contribution in [0.15, 0.2) is 0 Å². The van der Waals surface area contributed by atoms with E-state index < -0.39 is 5.97 Å². The molecule has 0 aromatic heterocycles. The number of rotatable bonds is 1. The van der Waals surface area contributed by atoms with E-state index in [9.17, 15) is 4.79 Å². The monoisotopic (exact) mass is 182 g/mol. The highest BCUT2D eigenvalue weighted by molar-refractivity contribution is 5.73. The molecule has 2 bridgehead atoms. The summed E-state index contributed by atoms with van der Waals surface area (Å²) in [7, 11) is 0. The van der Waals surface area contributed by atoms with E-state index in [1.165, 1.54) is 0 Å². The summed E-state index contributed by atoms with van der Waals surface area (Å²) in [6.45, 7) is 4.16. The number of epoxide rings is 1. The number of hydrogen-bond acceptors (Lipinski definition) is 2. The molecule has 0 aromatic rings. The maximum atomic E-state index is 11.1. The predicted molar refractivity (Wildman–Crippen MR) is 45.2 cm³/mol. The maximum Gasteiger partial charge on any atom is 0.307 e. The standard InChI is InChI=1S/C10H14O3/c1-10(2)5-3-4(6(10)9(11)12)7-8(5)13-7/h4-8H,3H2,1-2H3,(H,11,12)/t4-,5-,6-,7-,8+/m1/s1. The van der Waals surface area contributed by atoms with Crippen molar-refractivity contribution in [2.45, 2.75) is 32.5 Å². The van der Waals surface area contributed by atoms with Crippen molar-refractivity contribution < 1.29 is 14.6 Å². The van der Waals surface area contributed by atoms with E-state index in [0.29, 0.717) is 24.0 Å². The molecule has 0 aromatic carbocycles. The van der Waals surface area contributed by atoms with Crippen molar-refractivity contribution in [2.24, 2.45) is 23.2 Å². The Bertz CT molecular complexity index is 284. The highest BCUT2D eigenvalue weighted by Gasteiger charge is 2.71. The van der Waals surface area contributed by atoms with Crippen molar-refractivity contribution in [2.75, 3.05) is 0 Å². The van der Waals surface area contributed by atoms with Gasteiger partial charge in [-0.3, -0.25) is 4.79 Å². The summed E-state index contributed by atoms with van der Waals surface area (Å²) in [6.07, 6.45) is 1.76. The smallest absolute Gasteiger partial charge is 0.307 e. The predicted octanol–water partition coefficient (Wildman–Crippen LogP) is 1.13. The molecule has 2 aliphatic carbocycles. The Labute approximate surface area is 77.1 Å². The SMILES string of the molecule is CC1(C)[C@@H]2C[C@@H]([C@H]3O[C@H]32)[C@@H]1C(=O)O. The molecular formula is C10H14O3. The minimum Gasteiger partial charge on any atom is -0.481 e. The summed E-state index contributed by atoms with van der Waals surface area (Å²) in [5.74, 6) is -0.0289. The van der Waals surface area contributed by atoms with Crippen LogP contribution >= 0.6 is 0 Å². The number of carboxylic acid groups (broad SMARTS) is 1. The van der Waals surface area contributed by atoms with Crippen LogP contribution in [0.1, 0.15) is 20.3 Å². The lowest BCUT2D eigenvalue weighted by atomic mass is 9.69. The molecule has 3 fully saturated rings. The van der Waals surface area contributed by atoms with E-state index in [1.807, 2.05) is 0 Å². The first-order valence-corrected chi connectivity index (χ1v) is 4.91. The molecular weight excluding hydrogens is 168 g/mol. The summed E-state index contributed by atoms with van der Waals surface area (Å²) in [6, 6.07) is 0. The minimum absolute atomic E-state index is 0.0613. The Balaban J connectivity index is 2.00. The molecule has 0 spiro atoms. The van der Waals surface area contributed by atoms with Crippen molar-refractivity contribution in [1.29, 1.82) is 0 Å². The fraction of sp³-hybridized carbons (Fsp3) is 0.900. The molecule has 1 heterocycles. The van der Waals surface area contributed by atoms with Crippen LogP contribution in [0.2, 0.25) is 0 Å². The summed E-state index contributed by atoms with van der Waals surface area (Å²) in [5.41, 5.74) is -0.0613. The van der Waals surface area contributed by atoms with E-state index in [-0.39, 0.29) is 11.3 Å². The number of ether oxygens (including phenoxy) is 1. The molecule has 2 saturated carbocycles. The minimum atomic E-state index is -0.633. The molecule has 72 valence electrons. The Hall–Kier alpha value is -0.570. The Kier molecular flexibility index (Phi) is 1.15. The summed E-state index contributed by atoms with van der Waals surface area (Å²) < 4.78 is 5.49. The third kappa shape index (κ3) is 0.725. The fourth-order valence-corrected chi connectivity index (χ4v) is 3.70. The summed E-state index contributed by atoms with van der Waals surface area (Å²) >= 11 is 0. The Morgan fingerprint density at radius 2 is 2.15 bits per heavy atom. The van der Waals surface area contributed by atoms with Gasteiger partial charge >= 0.3 is 5.97 Å². The van der Waals surface area contributed by atoms with E-state index in [1.54, 1.807) is 0 Å². The average Bonchev–Trinajstić information content (AvgIpc) is 2.63. The largest absolute Gasteiger partial charge is 0.481 e. The molecule has 0 amide bonds. The first-order valence-electron chi connectivity index (χ1n) is 4.91. The molecule has 13 heavy (non-hydrogen) atoms. The van der Waals surface area contributed by atoms with Gasteiger partial charge in [-0.05, 0) is 17.8 Å². The molecule has 1 aliphatic heterocycles. The molecule has 5 atom stereocenters. The van der Waals surface area contributed by atoms with E-state index in [0.717, 1.165) is 6.42 Å². The lowest BCUT2D eigenvalue weighted by molar-refractivity contribution is -0.147. The van der Waals surface area contributed by atoms with Gasteiger partial charge in [0.05, 0.1) is 18.1 Å². The Morgan fingerprint density at radius 3 is 2.69 bits per heavy atom. The van der Waals surface area contributed by atoms with Gasteiger partial charge in [0.2, 0.25) is 0 Å². The van der Waals surface area contributed by atoms with E-state index >= 15 is 0 Å². The van der Waals surface area contributed by atoms with Gasteiger partial charge in [-0.15, -0.1) is 0 Å². The van der Waals surface area contributed by atoms with Crippen LogP contribution in [-0.2, 0) is 9.53 Å². The number of hydrogen-bond donors (Lipinski definition) is 1. The molecule has 0 unspecified atom stereocenters. The van der Waals surface area contributed by atoms with Gasteiger partial charge in [-0.25, -0.2) is 0 Å². The van der Waals surface area contributed by atoms with Crippen LogP contribution in [0, 0.1) is 23.2 Å². The first-order chi connectivity index (χ1) is 6.03. The lowest BCUT2D eigenvalue weighted by Gasteiger charge is -2.33. The Morgan fingerprint density at radius 1 is 1.46 bits per heavy atom. The zero-order chi connectivity index (χ0) is 9.38. The fourth-order valence-electron chi connectivity index (χ4n) is 3.70. The topological polar surface area (TPSA) is 49.8 Å². The zero-order valence-electron chi connectivity index (χ0n) is 7.86. The highest BCUT2D eigenvalue weighted by Crippen LogP contribution is 2.66. The number of carbonyl (C=O) groups is 1. The molecule has 3 aliphatic rings. The average molecular weight is 182 g/mol. The van der Waals surface area contributed by atoms with Gasteiger partial charge in [0.1, 0.15) is 0 Å². The van der Waals surface area contributed by atoms with Gasteiger partial charge in [0.25, 0.3) is 0 Å². The molecule has 1 N–H and O–H groups in total. The van der Waals surface area contributed by atoms with Crippen molar-refractivity contribution in [3.05, 3.63) is 0 Å².